The third-order valence-corrected chi connectivity index (χ3v) is 4.87. The van der Waals surface area contributed by atoms with Crippen molar-refractivity contribution in [2.75, 3.05) is 26.8 Å². The normalized spacial score (nSPS) is 16.9. The van der Waals surface area contributed by atoms with Crippen molar-refractivity contribution in [2.24, 2.45) is 4.99 Å². The first-order valence-electron chi connectivity index (χ1n) is 8.90. The van der Waals surface area contributed by atoms with E-state index in [2.05, 4.69) is 20.6 Å². The molecule has 138 valence electrons. The molecular weight excluding hydrogens is 331 g/mol. The zero-order valence-corrected chi connectivity index (χ0v) is 15.0. The zero-order valence-electron chi connectivity index (χ0n) is 15.0. The fourth-order valence-corrected chi connectivity index (χ4v) is 3.30. The Kier molecular flexibility index (Phi) is 6.17. The van der Waals surface area contributed by atoms with E-state index >= 15 is 0 Å². The van der Waals surface area contributed by atoms with E-state index in [-0.39, 0.29) is 11.2 Å². The van der Waals surface area contributed by atoms with Crippen LogP contribution in [0.15, 0.2) is 53.7 Å². The number of rotatable bonds is 5. The zero-order chi connectivity index (χ0) is 18.2. The van der Waals surface area contributed by atoms with Crippen molar-refractivity contribution >= 4 is 5.96 Å². The molecule has 0 aliphatic carbocycles. The maximum Gasteiger partial charge on any atom is 0.191 e. The van der Waals surface area contributed by atoms with E-state index in [9.17, 15) is 4.39 Å². The average molecular weight is 356 g/mol. The molecule has 0 saturated carbocycles. The molecule has 3 rings (SSSR count). The second kappa shape index (κ2) is 8.76. The molecule has 2 heterocycles. The highest BCUT2D eigenvalue weighted by Gasteiger charge is 2.34. The largest absolute Gasteiger partial charge is 0.381 e. The molecule has 0 bridgehead atoms. The van der Waals surface area contributed by atoms with Gasteiger partial charge in [0.05, 0.1) is 12.2 Å². The van der Waals surface area contributed by atoms with Crippen molar-refractivity contribution in [1.82, 2.24) is 15.6 Å². The van der Waals surface area contributed by atoms with Gasteiger partial charge in [0.1, 0.15) is 5.82 Å². The molecule has 1 aliphatic heterocycles. The van der Waals surface area contributed by atoms with E-state index < -0.39 is 0 Å². The first kappa shape index (κ1) is 18.3. The Morgan fingerprint density at radius 2 is 2.04 bits per heavy atom. The van der Waals surface area contributed by atoms with E-state index in [0.717, 1.165) is 24.1 Å². The molecule has 5 nitrogen and oxygen atoms in total. The number of nitrogens with zero attached hydrogens (tertiary/aromatic N) is 2. The lowest BCUT2D eigenvalue weighted by Gasteiger charge is -2.38. The van der Waals surface area contributed by atoms with Crippen molar-refractivity contribution < 1.29 is 9.13 Å². The first-order valence-corrected chi connectivity index (χ1v) is 8.90. The second-order valence-corrected chi connectivity index (χ2v) is 6.50. The highest BCUT2D eigenvalue weighted by molar-refractivity contribution is 5.79. The lowest BCUT2D eigenvalue weighted by molar-refractivity contribution is 0.0513. The summed E-state index contributed by atoms with van der Waals surface area (Å²) in [6, 6.07) is 12.7. The maximum absolute atomic E-state index is 13.8. The molecule has 0 atom stereocenters. The summed E-state index contributed by atoms with van der Waals surface area (Å²) in [7, 11) is 1.74. The Labute approximate surface area is 153 Å². The van der Waals surface area contributed by atoms with Gasteiger partial charge in [0, 0.05) is 38.4 Å². The Bertz CT molecular complexity index is 730. The van der Waals surface area contributed by atoms with Crippen molar-refractivity contribution in [3.63, 3.8) is 0 Å². The molecule has 2 N–H and O–H groups in total. The highest BCUT2D eigenvalue weighted by atomic mass is 19.1. The quantitative estimate of drug-likeness (QED) is 0.639. The van der Waals surface area contributed by atoms with E-state index in [1.165, 1.54) is 6.07 Å². The predicted octanol–water partition coefficient (Wildman–Crippen LogP) is 2.63. The number of ether oxygens (including phenoxy) is 1. The summed E-state index contributed by atoms with van der Waals surface area (Å²) in [5.74, 6) is 0.504. The third kappa shape index (κ3) is 4.58. The van der Waals surface area contributed by atoms with Crippen LogP contribution in [0.1, 0.15) is 24.1 Å². The molecule has 6 heteroatoms. The second-order valence-electron chi connectivity index (χ2n) is 6.50. The molecule has 1 aromatic carbocycles. The third-order valence-electron chi connectivity index (χ3n) is 4.87. The summed E-state index contributed by atoms with van der Waals surface area (Å²) in [4.78, 5) is 8.59. The smallest absolute Gasteiger partial charge is 0.191 e. The fourth-order valence-electron chi connectivity index (χ4n) is 3.30. The summed E-state index contributed by atoms with van der Waals surface area (Å²) < 4.78 is 19.3. The molecule has 1 aliphatic rings. The Hall–Kier alpha value is -2.47. The molecule has 1 saturated heterocycles. The monoisotopic (exact) mass is 356 g/mol. The van der Waals surface area contributed by atoms with Crippen LogP contribution >= 0.6 is 0 Å². The molecule has 0 spiro atoms. The van der Waals surface area contributed by atoms with Crippen molar-refractivity contribution in [3.05, 3.63) is 65.7 Å². The Morgan fingerprint density at radius 1 is 1.19 bits per heavy atom. The number of guanidine groups is 1. The van der Waals surface area contributed by atoms with E-state index in [1.807, 2.05) is 24.3 Å². The van der Waals surface area contributed by atoms with Crippen molar-refractivity contribution in [3.8, 4) is 0 Å². The summed E-state index contributed by atoms with van der Waals surface area (Å²) in [5, 5.41) is 6.68. The summed E-state index contributed by atoms with van der Waals surface area (Å²) >= 11 is 0. The van der Waals surface area contributed by atoms with Crippen LogP contribution in [0.2, 0.25) is 0 Å². The van der Waals surface area contributed by atoms with Crippen LogP contribution in [0.3, 0.4) is 0 Å². The van der Waals surface area contributed by atoms with Crippen LogP contribution in [0.4, 0.5) is 4.39 Å². The van der Waals surface area contributed by atoms with Crippen LogP contribution < -0.4 is 10.6 Å². The van der Waals surface area contributed by atoms with Crippen LogP contribution in [-0.2, 0) is 16.7 Å². The molecule has 2 aromatic rings. The minimum absolute atomic E-state index is 0.164. The fraction of sp³-hybridized carbons (Fsp3) is 0.400. The van der Waals surface area contributed by atoms with Gasteiger partial charge < -0.3 is 15.4 Å². The maximum atomic E-state index is 13.8. The molecule has 26 heavy (non-hydrogen) atoms. The van der Waals surface area contributed by atoms with Gasteiger partial charge in [0.15, 0.2) is 5.96 Å². The number of hydrogen-bond donors (Lipinski definition) is 2. The standard InChI is InChI=1S/C20H25FN4O/c1-22-19(24-14-18-7-2-3-10-23-18)25-15-20(8-11-26-12-9-20)16-5-4-6-17(21)13-16/h2-7,10,13H,8-9,11-12,14-15H2,1H3,(H2,22,24,25). The van der Waals surface area contributed by atoms with Gasteiger partial charge in [-0.1, -0.05) is 18.2 Å². The van der Waals surface area contributed by atoms with Crippen LogP contribution in [0, 0.1) is 5.82 Å². The van der Waals surface area contributed by atoms with E-state index in [0.29, 0.717) is 32.3 Å². The summed E-state index contributed by atoms with van der Waals surface area (Å²) in [6.45, 7) is 2.62. The van der Waals surface area contributed by atoms with Gasteiger partial charge in [-0.3, -0.25) is 9.98 Å². The molecule has 0 radical (unpaired) electrons. The lowest BCUT2D eigenvalue weighted by atomic mass is 9.74. The average Bonchev–Trinajstić information content (AvgIpc) is 2.69. The molecule has 1 aromatic heterocycles. The number of hydrogen-bond acceptors (Lipinski definition) is 3. The molecule has 1 fully saturated rings. The minimum atomic E-state index is -0.203. The van der Waals surface area contributed by atoms with Crippen molar-refractivity contribution in [2.45, 2.75) is 24.8 Å². The predicted molar refractivity (Wildman–Crippen MR) is 101 cm³/mol. The Balaban J connectivity index is 1.67. The van der Waals surface area contributed by atoms with Gasteiger partial charge in [-0.25, -0.2) is 4.39 Å². The lowest BCUT2D eigenvalue weighted by Crippen LogP contribution is -2.48. The molecule has 0 amide bonds. The van der Waals surface area contributed by atoms with E-state index in [1.54, 1.807) is 25.4 Å². The van der Waals surface area contributed by atoms with Crippen LogP contribution in [-0.4, -0.2) is 37.7 Å². The summed E-state index contributed by atoms with van der Waals surface area (Å²) in [6.07, 6.45) is 3.47. The van der Waals surface area contributed by atoms with Gasteiger partial charge >= 0.3 is 0 Å². The van der Waals surface area contributed by atoms with Gasteiger partial charge in [0.2, 0.25) is 0 Å². The minimum Gasteiger partial charge on any atom is -0.381 e. The number of nitrogens with one attached hydrogen (secondary N) is 2. The van der Waals surface area contributed by atoms with Gasteiger partial charge in [-0.15, -0.1) is 0 Å². The number of benzene rings is 1. The van der Waals surface area contributed by atoms with Crippen LogP contribution in [0.5, 0.6) is 0 Å². The molecular formula is C20H25FN4O. The van der Waals surface area contributed by atoms with Crippen molar-refractivity contribution in [1.29, 1.82) is 0 Å². The SMILES string of the molecule is CN=C(NCc1ccccn1)NCC1(c2cccc(F)c2)CCOCC1. The number of pyridine rings is 1. The number of aromatic nitrogens is 1. The number of halogens is 1. The topological polar surface area (TPSA) is 58.5 Å². The van der Waals surface area contributed by atoms with Gasteiger partial charge in [-0.2, -0.15) is 0 Å². The number of aliphatic imine (C=N–C) groups is 1. The van der Waals surface area contributed by atoms with Crippen LogP contribution in [0.25, 0.3) is 0 Å². The first-order chi connectivity index (χ1) is 12.7. The summed E-state index contributed by atoms with van der Waals surface area (Å²) in [5.41, 5.74) is 1.79. The van der Waals surface area contributed by atoms with E-state index in [4.69, 9.17) is 4.74 Å². The highest BCUT2D eigenvalue weighted by Crippen LogP contribution is 2.34. The van der Waals surface area contributed by atoms with Gasteiger partial charge in [0.25, 0.3) is 0 Å². The Morgan fingerprint density at radius 3 is 2.73 bits per heavy atom. The van der Waals surface area contributed by atoms with Gasteiger partial charge in [-0.05, 0) is 42.7 Å². The molecule has 0 unspecified atom stereocenters.